The Morgan fingerprint density at radius 2 is 1.90 bits per heavy atom. The smallest absolute Gasteiger partial charge is 0.248 e. The maximum atomic E-state index is 14.4. The summed E-state index contributed by atoms with van der Waals surface area (Å²) in [5.41, 5.74) is 1.95. The average Bonchev–Trinajstić information content (AvgIpc) is 3.60. The molecule has 3 saturated heterocycles. The van der Waals surface area contributed by atoms with Gasteiger partial charge in [0.2, 0.25) is 17.7 Å². The predicted octanol–water partition coefficient (Wildman–Crippen LogP) is 5.12. The van der Waals surface area contributed by atoms with Gasteiger partial charge in [0.15, 0.2) is 0 Å². The number of thioether (sulfide) groups is 1. The Balaban J connectivity index is 1.50. The first-order chi connectivity index (χ1) is 19.7. The molecule has 3 fully saturated rings. The summed E-state index contributed by atoms with van der Waals surface area (Å²) in [5.74, 6) is -1.39. The standard InChI is InChI=1S/C31H38ClN3O5S/c1-5-17(3)22(16-36)35-27(29(38)34-26-18(4)8-7-9-21(26)32)31-15-14-23(41-31)24(25(31)30(35)39)28(37)33-19-10-12-20(13-11-19)40-6-2/h7-13,17,22-25,27,36H,5-6,14-16H2,1-4H3,(H,33,37)(H,34,38)/t17-,22-,23+,24-,25-,27?,31?/m0/s1. The van der Waals surface area contributed by atoms with Gasteiger partial charge in [-0.25, -0.2) is 0 Å². The van der Waals surface area contributed by atoms with Gasteiger partial charge in [0.05, 0.1) is 46.5 Å². The summed E-state index contributed by atoms with van der Waals surface area (Å²) in [4.78, 5) is 44.0. The first-order valence-electron chi connectivity index (χ1n) is 14.4. The van der Waals surface area contributed by atoms with Crippen molar-refractivity contribution in [3.8, 4) is 5.75 Å². The molecule has 2 aromatic rings. The minimum Gasteiger partial charge on any atom is -0.494 e. The third-order valence-electron chi connectivity index (χ3n) is 9.04. The molecule has 8 nitrogen and oxygen atoms in total. The van der Waals surface area contributed by atoms with Crippen molar-refractivity contribution < 1.29 is 24.2 Å². The highest BCUT2D eigenvalue weighted by Crippen LogP contribution is 2.67. The number of nitrogens with zero attached hydrogens (tertiary/aromatic N) is 1. The number of rotatable bonds is 10. The fourth-order valence-corrected chi connectivity index (χ4v) is 9.35. The summed E-state index contributed by atoms with van der Waals surface area (Å²) in [5, 5.41) is 16.9. The van der Waals surface area contributed by atoms with Crippen molar-refractivity contribution in [1.82, 2.24) is 4.90 Å². The van der Waals surface area contributed by atoms with Gasteiger partial charge in [-0.15, -0.1) is 11.8 Å². The molecule has 3 aliphatic heterocycles. The van der Waals surface area contributed by atoms with Gasteiger partial charge in [0, 0.05) is 10.9 Å². The molecular weight excluding hydrogens is 562 g/mol. The van der Waals surface area contributed by atoms with E-state index in [2.05, 4.69) is 10.6 Å². The number of carbonyl (C=O) groups is 3. The van der Waals surface area contributed by atoms with E-state index in [1.165, 1.54) is 0 Å². The number of carbonyl (C=O) groups excluding carboxylic acids is 3. The number of likely N-dealkylation sites (tertiary alicyclic amines) is 1. The quantitative estimate of drug-likeness (QED) is 0.350. The highest BCUT2D eigenvalue weighted by molar-refractivity contribution is 8.02. The molecule has 2 aromatic carbocycles. The van der Waals surface area contributed by atoms with Gasteiger partial charge in [0.25, 0.3) is 0 Å². The van der Waals surface area contributed by atoms with Crippen LogP contribution in [0.5, 0.6) is 5.75 Å². The van der Waals surface area contributed by atoms with E-state index in [4.69, 9.17) is 16.3 Å². The van der Waals surface area contributed by atoms with Crippen LogP contribution in [0.2, 0.25) is 5.02 Å². The van der Waals surface area contributed by atoms with Crippen LogP contribution in [-0.2, 0) is 14.4 Å². The average molecular weight is 600 g/mol. The summed E-state index contributed by atoms with van der Waals surface area (Å²) >= 11 is 8.06. The Hall–Kier alpha value is -2.75. The minimum absolute atomic E-state index is 0.0464. The van der Waals surface area contributed by atoms with Crippen molar-refractivity contribution in [2.75, 3.05) is 23.8 Å². The number of halogens is 1. The van der Waals surface area contributed by atoms with E-state index in [-0.39, 0.29) is 35.5 Å². The zero-order chi connectivity index (χ0) is 29.5. The highest BCUT2D eigenvalue weighted by atomic mass is 35.5. The minimum atomic E-state index is -0.847. The molecule has 5 rings (SSSR count). The molecule has 0 aliphatic carbocycles. The molecule has 220 valence electrons. The molecule has 10 heteroatoms. The monoisotopic (exact) mass is 599 g/mol. The van der Waals surface area contributed by atoms with Crippen molar-refractivity contribution in [3.63, 3.8) is 0 Å². The number of fused-ring (bicyclic) bond motifs is 1. The molecule has 7 atom stereocenters. The molecule has 0 radical (unpaired) electrons. The lowest BCUT2D eigenvalue weighted by Gasteiger charge is -2.39. The van der Waals surface area contributed by atoms with Crippen LogP contribution in [0.1, 0.15) is 45.6 Å². The Labute approximate surface area is 250 Å². The van der Waals surface area contributed by atoms with Crippen LogP contribution in [0.25, 0.3) is 0 Å². The summed E-state index contributed by atoms with van der Waals surface area (Å²) in [6.45, 7) is 8.04. The molecule has 41 heavy (non-hydrogen) atoms. The maximum absolute atomic E-state index is 14.4. The number of anilines is 2. The Morgan fingerprint density at radius 3 is 2.54 bits per heavy atom. The number of benzene rings is 2. The highest BCUT2D eigenvalue weighted by Gasteiger charge is 2.74. The van der Waals surface area contributed by atoms with Crippen LogP contribution in [0, 0.1) is 24.7 Å². The number of para-hydroxylation sites is 1. The number of hydrogen-bond acceptors (Lipinski definition) is 6. The number of hydrogen-bond donors (Lipinski definition) is 3. The molecule has 3 aliphatic rings. The second kappa shape index (κ2) is 11.9. The summed E-state index contributed by atoms with van der Waals surface area (Å²) in [6.07, 6.45) is 2.09. The van der Waals surface area contributed by atoms with Crippen LogP contribution in [0.15, 0.2) is 42.5 Å². The maximum Gasteiger partial charge on any atom is 0.248 e. The number of aliphatic hydroxyl groups is 1. The molecule has 1 spiro atoms. The van der Waals surface area contributed by atoms with Gasteiger partial charge in [0.1, 0.15) is 11.8 Å². The number of aliphatic hydroxyl groups excluding tert-OH is 1. The largest absolute Gasteiger partial charge is 0.494 e. The van der Waals surface area contributed by atoms with E-state index < -0.39 is 28.7 Å². The molecule has 3 heterocycles. The van der Waals surface area contributed by atoms with Crippen LogP contribution < -0.4 is 15.4 Å². The predicted molar refractivity (Wildman–Crippen MR) is 162 cm³/mol. The number of amides is 3. The van der Waals surface area contributed by atoms with E-state index in [1.807, 2.05) is 39.8 Å². The SMILES string of the molecule is CCOc1ccc(NC(=O)[C@@H]2[C@H]3C(=O)N([C@@H](CO)[C@@H](C)CC)C(C(=O)Nc4c(C)cccc4Cl)C34CC[C@H]2S4)cc1. The zero-order valence-electron chi connectivity index (χ0n) is 23.9. The number of nitrogens with one attached hydrogen (secondary N) is 2. The first-order valence-corrected chi connectivity index (χ1v) is 15.6. The van der Waals surface area contributed by atoms with Crippen molar-refractivity contribution in [1.29, 1.82) is 0 Å². The Morgan fingerprint density at radius 1 is 1.17 bits per heavy atom. The van der Waals surface area contributed by atoms with Gasteiger partial charge >= 0.3 is 0 Å². The van der Waals surface area contributed by atoms with E-state index in [9.17, 15) is 19.5 Å². The van der Waals surface area contributed by atoms with E-state index in [0.29, 0.717) is 35.2 Å². The van der Waals surface area contributed by atoms with Crippen molar-refractivity contribution in [3.05, 3.63) is 53.1 Å². The zero-order valence-corrected chi connectivity index (χ0v) is 25.4. The molecule has 3 N–H and O–H groups in total. The molecule has 2 unspecified atom stereocenters. The third kappa shape index (κ3) is 5.10. The van der Waals surface area contributed by atoms with Gasteiger partial charge in [-0.3, -0.25) is 14.4 Å². The lowest BCUT2D eigenvalue weighted by atomic mass is 9.70. The van der Waals surface area contributed by atoms with Crippen LogP contribution in [0.4, 0.5) is 11.4 Å². The fraction of sp³-hybridized carbons (Fsp3) is 0.516. The number of ether oxygens (including phenoxy) is 1. The normalized spacial score (nSPS) is 27.9. The molecule has 0 saturated carbocycles. The van der Waals surface area contributed by atoms with Crippen LogP contribution >= 0.6 is 23.4 Å². The Kier molecular flexibility index (Phi) is 8.60. The molecule has 3 amide bonds. The number of aryl methyl sites for hydroxylation is 1. The van der Waals surface area contributed by atoms with Gasteiger partial charge in [-0.1, -0.05) is 44.0 Å². The summed E-state index contributed by atoms with van der Waals surface area (Å²) < 4.78 is 4.73. The fourth-order valence-electron chi connectivity index (χ4n) is 6.87. The molecule has 2 bridgehead atoms. The van der Waals surface area contributed by atoms with E-state index in [1.54, 1.807) is 47.0 Å². The van der Waals surface area contributed by atoms with Crippen molar-refractivity contribution in [2.45, 2.75) is 69.0 Å². The second-order valence-electron chi connectivity index (χ2n) is 11.3. The molecular formula is C31H38ClN3O5S. The summed E-state index contributed by atoms with van der Waals surface area (Å²) in [7, 11) is 0. The van der Waals surface area contributed by atoms with Crippen molar-refractivity contribution in [2.24, 2.45) is 17.8 Å². The lowest BCUT2D eigenvalue weighted by molar-refractivity contribution is -0.142. The third-order valence-corrected chi connectivity index (χ3v) is 11.3. The van der Waals surface area contributed by atoms with E-state index >= 15 is 0 Å². The topological polar surface area (TPSA) is 108 Å². The first kappa shape index (κ1) is 29.7. The van der Waals surface area contributed by atoms with E-state index in [0.717, 1.165) is 18.4 Å². The second-order valence-corrected chi connectivity index (χ2v) is 13.3. The van der Waals surface area contributed by atoms with Crippen LogP contribution in [0.3, 0.4) is 0 Å². The lowest BCUT2D eigenvalue weighted by Crippen LogP contribution is -2.56. The summed E-state index contributed by atoms with van der Waals surface area (Å²) in [6, 6.07) is 11.2. The Bertz CT molecular complexity index is 1300. The van der Waals surface area contributed by atoms with Crippen LogP contribution in [-0.4, -0.2) is 63.0 Å². The van der Waals surface area contributed by atoms with Gasteiger partial charge < -0.3 is 25.4 Å². The molecule has 0 aromatic heterocycles. The van der Waals surface area contributed by atoms with Crippen molar-refractivity contribution >= 4 is 52.5 Å². The van der Waals surface area contributed by atoms with Gasteiger partial charge in [-0.05, 0) is 68.5 Å². The van der Waals surface area contributed by atoms with Gasteiger partial charge in [-0.2, -0.15) is 0 Å².